The van der Waals surface area contributed by atoms with Gasteiger partial charge in [0.15, 0.2) is 0 Å². The summed E-state index contributed by atoms with van der Waals surface area (Å²) in [5, 5.41) is 0. The number of methoxy groups -OCH3 is 2. The lowest BCUT2D eigenvalue weighted by Crippen LogP contribution is -2.43. The molecule has 6 nitrogen and oxygen atoms in total. The normalized spacial score (nSPS) is 12.0. The summed E-state index contributed by atoms with van der Waals surface area (Å²) in [6.07, 6.45) is 0. The van der Waals surface area contributed by atoms with Crippen LogP contribution in [0.3, 0.4) is 0 Å². The second kappa shape index (κ2) is 8.61. The van der Waals surface area contributed by atoms with Gasteiger partial charge < -0.3 is 19.8 Å². The number of hydrogen-bond acceptors (Lipinski definition) is 5. The molecule has 1 aromatic carbocycles. The molecular formula is C15H25N3O3. The van der Waals surface area contributed by atoms with Gasteiger partial charge in [-0.3, -0.25) is 10.6 Å². The van der Waals surface area contributed by atoms with Gasteiger partial charge in [-0.25, -0.2) is 0 Å². The van der Waals surface area contributed by atoms with Crippen LogP contribution >= 0.6 is 0 Å². The highest BCUT2D eigenvalue weighted by atomic mass is 16.5. The molecule has 0 aliphatic carbocycles. The predicted octanol–water partition coefficient (Wildman–Crippen LogP) is 1.40. The average molecular weight is 295 g/mol. The Labute approximate surface area is 126 Å². The summed E-state index contributed by atoms with van der Waals surface area (Å²) in [4.78, 5) is 14.5. The molecule has 0 aromatic heterocycles. The van der Waals surface area contributed by atoms with Crippen molar-refractivity contribution in [3.8, 4) is 0 Å². The van der Waals surface area contributed by atoms with E-state index < -0.39 is 0 Å². The molecule has 0 fully saturated rings. The molecule has 6 heteroatoms. The van der Waals surface area contributed by atoms with E-state index >= 15 is 0 Å². The SMILES string of the molecule is COCCN(C(=O)c1ccc(NN)cc1C)C(C)COC. The third-order valence-electron chi connectivity index (χ3n) is 3.36. The van der Waals surface area contributed by atoms with Gasteiger partial charge >= 0.3 is 0 Å². The Balaban J connectivity index is 2.98. The van der Waals surface area contributed by atoms with E-state index in [0.717, 1.165) is 11.3 Å². The van der Waals surface area contributed by atoms with E-state index in [9.17, 15) is 4.79 Å². The summed E-state index contributed by atoms with van der Waals surface area (Å²) >= 11 is 0. The highest BCUT2D eigenvalue weighted by molar-refractivity contribution is 5.96. The van der Waals surface area contributed by atoms with Gasteiger partial charge in [0.25, 0.3) is 5.91 Å². The highest BCUT2D eigenvalue weighted by Crippen LogP contribution is 2.17. The van der Waals surface area contributed by atoms with Gasteiger partial charge in [0, 0.05) is 32.0 Å². The predicted molar refractivity (Wildman–Crippen MR) is 83.2 cm³/mol. The first-order valence-electron chi connectivity index (χ1n) is 6.91. The van der Waals surface area contributed by atoms with Crippen molar-refractivity contribution in [1.29, 1.82) is 0 Å². The van der Waals surface area contributed by atoms with Crippen molar-refractivity contribution in [2.75, 3.05) is 39.4 Å². The van der Waals surface area contributed by atoms with Gasteiger partial charge in [0.1, 0.15) is 0 Å². The number of carbonyl (C=O) groups excluding carboxylic acids is 1. The van der Waals surface area contributed by atoms with Gasteiger partial charge in [-0.15, -0.1) is 0 Å². The molecule has 0 spiro atoms. The lowest BCUT2D eigenvalue weighted by molar-refractivity contribution is 0.0479. The lowest BCUT2D eigenvalue weighted by atomic mass is 10.1. The van der Waals surface area contributed by atoms with Crippen molar-refractivity contribution in [3.05, 3.63) is 29.3 Å². The number of anilines is 1. The number of nitrogens with two attached hydrogens (primary N) is 1. The fourth-order valence-corrected chi connectivity index (χ4v) is 2.19. The van der Waals surface area contributed by atoms with Gasteiger partial charge in [-0.1, -0.05) is 0 Å². The summed E-state index contributed by atoms with van der Waals surface area (Å²) in [6, 6.07) is 5.40. The number of aryl methyl sites for hydroxylation is 1. The molecule has 0 aliphatic rings. The number of hydrogen-bond donors (Lipinski definition) is 2. The quantitative estimate of drug-likeness (QED) is 0.560. The second-order valence-corrected chi connectivity index (χ2v) is 4.97. The first-order valence-corrected chi connectivity index (χ1v) is 6.91. The molecule has 1 atom stereocenters. The van der Waals surface area contributed by atoms with Crippen molar-refractivity contribution in [2.45, 2.75) is 19.9 Å². The van der Waals surface area contributed by atoms with E-state index in [2.05, 4.69) is 5.43 Å². The number of nitrogen functional groups attached to an aromatic ring is 1. The average Bonchev–Trinajstić information content (AvgIpc) is 2.47. The maximum atomic E-state index is 12.8. The van der Waals surface area contributed by atoms with Gasteiger partial charge in [-0.2, -0.15) is 0 Å². The molecule has 1 amide bonds. The van der Waals surface area contributed by atoms with Crippen LogP contribution in [0.4, 0.5) is 5.69 Å². The van der Waals surface area contributed by atoms with E-state index in [0.29, 0.717) is 25.3 Å². The molecule has 1 rings (SSSR count). The second-order valence-electron chi connectivity index (χ2n) is 4.97. The van der Waals surface area contributed by atoms with Crippen LogP contribution in [0.5, 0.6) is 0 Å². The van der Waals surface area contributed by atoms with Crippen LogP contribution in [-0.2, 0) is 9.47 Å². The Morgan fingerprint density at radius 1 is 1.38 bits per heavy atom. The van der Waals surface area contributed by atoms with E-state index in [1.165, 1.54) is 0 Å². The molecule has 0 heterocycles. The fraction of sp³-hybridized carbons (Fsp3) is 0.533. The zero-order valence-corrected chi connectivity index (χ0v) is 13.2. The molecule has 21 heavy (non-hydrogen) atoms. The van der Waals surface area contributed by atoms with Crippen LogP contribution in [0.15, 0.2) is 18.2 Å². The third-order valence-corrected chi connectivity index (χ3v) is 3.36. The van der Waals surface area contributed by atoms with Crippen LogP contribution in [0.25, 0.3) is 0 Å². The zero-order valence-electron chi connectivity index (χ0n) is 13.2. The third kappa shape index (κ3) is 4.70. The van der Waals surface area contributed by atoms with Gasteiger partial charge in [0.2, 0.25) is 0 Å². The van der Waals surface area contributed by atoms with Crippen LogP contribution in [0, 0.1) is 6.92 Å². The topological polar surface area (TPSA) is 76.8 Å². The minimum absolute atomic E-state index is 0.0237. The summed E-state index contributed by atoms with van der Waals surface area (Å²) < 4.78 is 10.2. The number of amides is 1. The van der Waals surface area contributed by atoms with Gasteiger partial charge in [-0.05, 0) is 37.6 Å². The minimum Gasteiger partial charge on any atom is -0.383 e. The van der Waals surface area contributed by atoms with Crippen molar-refractivity contribution < 1.29 is 14.3 Å². The smallest absolute Gasteiger partial charge is 0.254 e. The van der Waals surface area contributed by atoms with Crippen molar-refractivity contribution in [1.82, 2.24) is 4.90 Å². The number of nitrogens with one attached hydrogen (secondary N) is 1. The van der Waals surface area contributed by atoms with Crippen LogP contribution < -0.4 is 11.3 Å². The molecule has 118 valence electrons. The molecule has 0 bridgehead atoms. The van der Waals surface area contributed by atoms with Crippen molar-refractivity contribution >= 4 is 11.6 Å². The Hall–Kier alpha value is -1.63. The standard InChI is InChI=1S/C15H25N3O3/c1-11-9-13(17-16)5-6-14(11)15(19)18(7-8-20-3)12(2)10-21-4/h5-6,9,12,17H,7-8,10,16H2,1-4H3. The summed E-state index contributed by atoms with van der Waals surface area (Å²) in [5.41, 5.74) is 4.89. The molecule has 0 saturated heterocycles. The first-order chi connectivity index (χ1) is 10.0. The van der Waals surface area contributed by atoms with E-state index in [4.69, 9.17) is 15.3 Å². The minimum atomic E-state index is -0.0299. The van der Waals surface area contributed by atoms with Crippen LogP contribution in [-0.4, -0.2) is 50.8 Å². The molecule has 0 radical (unpaired) electrons. The number of hydrazine groups is 1. The van der Waals surface area contributed by atoms with Gasteiger partial charge in [0.05, 0.1) is 19.3 Å². The number of ether oxygens (including phenoxy) is 2. The number of rotatable bonds is 8. The largest absolute Gasteiger partial charge is 0.383 e. The maximum absolute atomic E-state index is 12.8. The van der Waals surface area contributed by atoms with E-state index in [1.54, 1.807) is 31.3 Å². The summed E-state index contributed by atoms with van der Waals surface area (Å²) in [5.74, 6) is 5.35. The molecule has 3 N–H and O–H groups in total. The highest BCUT2D eigenvalue weighted by Gasteiger charge is 2.22. The van der Waals surface area contributed by atoms with Crippen LogP contribution in [0.1, 0.15) is 22.8 Å². The number of nitrogens with zero attached hydrogens (tertiary/aromatic N) is 1. The molecule has 0 saturated carbocycles. The lowest BCUT2D eigenvalue weighted by Gasteiger charge is -2.29. The Kier molecular flexibility index (Phi) is 7.14. The Morgan fingerprint density at radius 3 is 2.62 bits per heavy atom. The van der Waals surface area contributed by atoms with Crippen molar-refractivity contribution in [2.24, 2.45) is 5.84 Å². The molecule has 1 aromatic rings. The number of benzene rings is 1. The fourth-order valence-electron chi connectivity index (χ4n) is 2.19. The van der Waals surface area contributed by atoms with Crippen LogP contribution in [0.2, 0.25) is 0 Å². The van der Waals surface area contributed by atoms with Crippen molar-refractivity contribution in [3.63, 3.8) is 0 Å². The number of carbonyl (C=O) groups is 1. The first kappa shape index (κ1) is 17.4. The maximum Gasteiger partial charge on any atom is 0.254 e. The summed E-state index contributed by atoms with van der Waals surface area (Å²) in [6.45, 7) is 5.35. The molecule has 1 unspecified atom stereocenters. The Morgan fingerprint density at radius 2 is 2.10 bits per heavy atom. The van der Waals surface area contributed by atoms with E-state index in [1.807, 2.05) is 19.9 Å². The monoisotopic (exact) mass is 295 g/mol. The zero-order chi connectivity index (χ0) is 15.8. The molecule has 0 aliphatic heterocycles. The Bertz CT molecular complexity index is 465. The summed E-state index contributed by atoms with van der Waals surface area (Å²) in [7, 11) is 3.25. The molecular weight excluding hydrogens is 270 g/mol. The van der Waals surface area contributed by atoms with E-state index in [-0.39, 0.29) is 11.9 Å².